The molecule has 0 bridgehead atoms. The number of carbonyl (C=O) groups is 1. The molecule has 0 aromatic heterocycles. The molecule has 92 valence electrons. The average molecular weight is 299 g/mol. The molecular formula is C13H15BrO3. The highest BCUT2D eigenvalue weighted by atomic mass is 79.9. The number of halogens is 1. The van der Waals surface area contributed by atoms with E-state index in [0.717, 1.165) is 22.9 Å². The third-order valence-electron chi connectivity index (χ3n) is 3.55. The first-order valence-corrected chi connectivity index (χ1v) is 6.47. The molecule has 1 aromatic rings. The lowest BCUT2D eigenvalue weighted by molar-refractivity contribution is -0.143. The van der Waals surface area contributed by atoms with Crippen LogP contribution in [-0.4, -0.2) is 18.2 Å². The van der Waals surface area contributed by atoms with Crippen molar-refractivity contribution >= 4 is 21.9 Å². The maximum Gasteiger partial charge on any atom is 0.314 e. The minimum atomic E-state index is -0.769. The molecule has 0 spiro atoms. The fourth-order valence-corrected chi connectivity index (χ4v) is 3.20. The van der Waals surface area contributed by atoms with Gasteiger partial charge in [-0.15, -0.1) is 0 Å². The molecule has 17 heavy (non-hydrogen) atoms. The van der Waals surface area contributed by atoms with E-state index in [4.69, 9.17) is 4.74 Å². The molecule has 0 amide bonds. The van der Waals surface area contributed by atoms with Gasteiger partial charge in [0.1, 0.15) is 5.75 Å². The van der Waals surface area contributed by atoms with Crippen LogP contribution >= 0.6 is 15.9 Å². The second-order valence-electron chi connectivity index (χ2n) is 4.42. The molecule has 1 N–H and O–H groups in total. The maximum atomic E-state index is 11.6. The summed E-state index contributed by atoms with van der Waals surface area (Å²) in [5.41, 5.74) is 0.0224. The van der Waals surface area contributed by atoms with Crippen LogP contribution in [0.4, 0.5) is 0 Å². The number of carboxylic acids is 1. The molecule has 1 aromatic carbocycles. The second kappa shape index (κ2) is 4.69. The lowest BCUT2D eigenvalue weighted by Gasteiger charge is -2.26. The fraction of sp³-hybridized carbons (Fsp3) is 0.462. The Hall–Kier alpha value is -1.03. The summed E-state index contributed by atoms with van der Waals surface area (Å²) in [5, 5.41) is 9.56. The van der Waals surface area contributed by atoms with Gasteiger partial charge in [0.2, 0.25) is 0 Å². The smallest absolute Gasteiger partial charge is 0.314 e. The van der Waals surface area contributed by atoms with Crippen molar-refractivity contribution in [2.24, 2.45) is 0 Å². The van der Waals surface area contributed by atoms with Gasteiger partial charge in [0.15, 0.2) is 0 Å². The summed E-state index contributed by atoms with van der Waals surface area (Å²) >= 11 is 3.41. The summed E-state index contributed by atoms with van der Waals surface area (Å²) < 4.78 is 6.16. The molecule has 1 aliphatic carbocycles. The van der Waals surface area contributed by atoms with Gasteiger partial charge in [-0.25, -0.2) is 0 Å². The standard InChI is InChI=1S/C13H15BrO3/c1-17-11-9(5-4-6-10(11)14)13(12(15)16)7-2-3-8-13/h4-6H,2-3,7-8H2,1H3,(H,15,16). The largest absolute Gasteiger partial charge is 0.495 e. The fourth-order valence-electron chi connectivity index (χ4n) is 2.67. The van der Waals surface area contributed by atoms with Gasteiger partial charge in [-0.2, -0.15) is 0 Å². The first-order valence-electron chi connectivity index (χ1n) is 5.68. The minimum absolute atomic E-state index is 0.650. The van der Waals surface area contributed by atoms with Crippen molar-refractivity contribution in [1.82, 2.24) is 0 Å². The van der Waals surface area contributed by atoms with Gasteiger partial charge in [-0.3, -0.25) is 4.79 Å². The van der Waals surface area contributed by atoms with Gasteiger partial charge in [0, 0.05) is 5.56 Å². The molecule has 1 fully saturated rings. The van der Waals surface area contributed by atoms with Crippen molar-refractivity contribution in [3.8, 4) is 5.75 Å². The Labute approximate surface area is 109 Å². The van der Waals surface area contributed by atoms with Gasteiger partial charge in [0.05, 0.1) is 17.0 Å². The number of methoxy groups -OCH3 is 1. The molecule has 0 saturated heterocycles. The van der Waals surface area contributed by atoms with E-state index >= 15 is 0 Å². The Morgan fingerprint density at radius 1 is 1.41 bits per heavy atom. The third-order valence-corrected chi connectivity index (χ3v) is 4.18. The Kier molecular flexibility index (Phi) is 3.43. The van der Waals surface area contributed by atoms with Crippen LogP contribution in [0.5, 0.6) is 5.75 Å². The third kappa shape index (κ3) is 1.95. The van der Waals surface area contributed by atoms with E-state index in [9.17, 15) is 9.90 Å². The van der Waals surface area contributed by atoms with Crippen LogP contribution in [0.25, 0.3) is 0 Å². The molecule has 0 atom stereocenters. The van der Waals surface area contributed by atoms with Crippen LogP contribution in [0.1, 0.15) is 31.2 Å². The van der Waals surface area contributed by atoms with Crippen molar-refractivity contribution in [3.63, 3.8) is 0 Å². The van der Waals surface area contributed by atoms with E-state index in [2.05, 4.69) is 15.9 Å². The topological polar surface area (TPSA) is 46.5 Å². The molecule has 0 radical (unpaired) electrons. The van der Waals surface area contributed by atoms with Crippen molar-refractivity contribution in [1.29, 1.82) is 0 Å². The average Bonchev–Trinajstić information content (AvgIpc) is 2.78. The minimum Gasteiger partial charge on any atom is -0.495 e. The highest BCUT2D eigenvalue weighted by Gasteiger charge is 2.45. The van der Waals surface area contributed by atoms with E-state index in [1.54, 1.807) is 7.11 Å². The summed E-state index contributed by atoms with van der Waals surface area (Å²) in [6, 6.07) is 5.60. The molecular weight excluding hydrogens is 284 g/mol. The van der Waals surface area contributed by atoms with E-state index in [1.165, 1.54) is 0 Å². The lowest BCUT2D eigenvalue weighted by Crippen LogP contribution is -2.33. The van der Waals surface area contributed by atoms with Gasteiger partial charge < -0.3 is 9.84 Å². The van der Waals surface area contributed by atoms with Crippen LogP contribution < -0.4 is 4.74 Å². The molecule has 0 heterocycles. The normalized spacial score (nSPS) is 18.0. The van der Waals surface area contributed by atoms with Crippen molar-refractivity contribution in [3.05, 3.63) is 28.2 Å². The van der Waals surface area contributed by atoms with E-state index in [-0.39, 0.29) is 0 Å². The Morgan fingerprint density at radius 3 is 2.59 bits per heavy atom. The van der Waals surface area contributed by atoms with E-state index < -0.39 is 11.4 Å². The molecule has 3 nitrogen and oxygen atoms in total. The Balaban J connectivity index is 2.58. The van der Waals surface area contributed by atoms with Crippen LogP contribution in [0.3, 0.4) is 0 Å². The van der Waals surface area contributed by atoms with Crippen molar-refractivity contribution in [2.75, 3.05) is 7.11 Å². The van der Waals surface area contributed by atoms with Gasteiger partial charge in [-0.05, 0) is 34.8 Å². The summed E-state index contributed by atoms with van der Waals surface area (Å²) in [4.78, 5) is 11.6. The van der Waals surface area contributed by atoms with Crippen LogP contribution in [-0.2, 0) is 10.2 Å². The number of rotatable bonds is 3. The van der Waals surface area contributed by atoms with Crippen molar-refractivity contribution < 1.29 is 14.6 Å². The van der Waals surface area contributed by atoms with Crippen molar-refractivity contribution in [2.45, 2.75) is 31.1 Å². The molecule has 1 aliphatic rings. The molecule has 4 heteroatoms. The number of hydrogen-bond acceptors (Lipinski definition) is 2. The van der Waals surface area contributed by atoms with E-state index in [1.807, 2.05) is 18.2 Å². The first-order chi connectivity index (χ1) is 8.12. The number of benzene rings is 1. The SMILES string of the molecule is COc1c(Br)cccc1C1(C(=O)O)CCCC1. The Bertz CT molecular complexity index is 436. The zero-order valence-electron chi connectivity index (χ0n) is 9.70. The zero-order valence-corrected chi connectivity index (χ0v) is 11.3. The lowest BCUT2D eigenvalue weighted by atomic mass is 9.78. The predicted octanol–water partition coefficient (Wildman–Crippen LogP) is 3.35. The highest BCUT2D eigenvalue weighted by Crippen LogP contribution is 2.46. The number of ether oxygens (including phenoxy) is 1. The van der Waals surface area contributed by atoms with Crippen LogP contribution in [0, 0.1) is 0 Å². The monoisotopic (exact) mass is 298 g/mol. The maximum absolute atomic E-state index is 11.6. The summed E-state index contributed by atoms with van der Waals surface area (Å²) in [6.07, 6.45) is 3.30. The molecule has 1 saturated carbocycles. The molecule has 0 unspecified atom stereocenters. The Morgan fingerprint density at radius 2 is 2.06 bits per heavy atom. The number of hydrogen-bond donors (Lipinski definition) is 1. The van der Waals surface area contributed by atoms with Gasteiger partial charge in [0.25, 0.3) is 0 Å². The molecule has 2 rings (SSSR count). The number of aliphatic carboxylic acids is 1. The van der Waals surface area contributed by atoms with Gasteiger partial charge >= 0.3 is 5.97 Å². The highest BCUT2D eigenvalue weighted by molar-refractivity contribution is 9.10. The quantitative estimate of drug-likeness (QED) is 0.931. The summed E-state index contributed by atoms with van der Waals surface area (Å²) in [7, 11) is 1.58. The predicted molar refractivity (Wildman–Crippen MR) is 68.5 cm³/mol. The summed E-state index contributed by atoms with van der Waals surface area (Å²) in [5.74, 6) is -0.0943. The zero-order chi connectivity index (χ0) is 12.5. The molecule has 0 aliphatic heterocycles. The number of para-hydroxylation sites is 1. The van der Waals surface area contributed by atoms with Gasteiger partial charge in [-0.1, -0.05) is 25.0 Å². The van der Waals surface area contributed by atoms with Crippen LogP contribution in [0.15, 0.2) is 22.7 Å². The first kappa shape index (κ1) is 12.4. The number of carboxylic acid groups (broad SMARTS) is 1. The second-order valence-corrected chi connectivity index (χ2v) is 5.27. The summed E-state index contributed by atoms with van der Waals surface area (Å²) in [6.45, 7) is 0. The van der Waals surface area contributed by atoms with Crippen LogP contribution in [0.2, 0.25) is 0 Å². The van der Waals surface area contributed by atoms with E-state index in [0.29, 0.717) is 18.6 Å².